The van der Waals surface area contributed by atoms with E-state index in [1.165, 1.54) is 4.57 Å². The number of aliphatic hydroxyl groups excluding tert-OH is 4. The zero-order chi connectivity index (χ0) is 19.9. The summed E-state index contributed by atoms with van der Waals surface area (Å²) in [4.78, 5) is 34.0. The van der Waals surface area contributed by atoms with Crippen LogP contribution in [-0.4, -0.2) is 64.9 Å². The van der Waals surface area contributed by atoms with Crippen molar-refractivity contribution in [2.75, 3.05) is 6.61 Å². The maximum absolute atomic E-state index is 12.2. The molecule has 0 unspecified atom stereocenters. The second-order valence-electron chi connectivity index (χ2n) is 6.50. The normalized spacial score (nSPS) is 14.1. The van der Waals surface area contributed by atoms with Gasteiger partial charge in [-0.05, 0) is 37.1 Å². The van der Waals surface area contributed by atoms with Gasteiger partial charge < -0.3 is 26.4 Å². The third-order valence-electron chi connectivity index (χ3n) is 4.57. The topological polar surface area (TPSA) is 162 Å². The van der Waals surface area contributed by atoms with E-state index < -0.39 is 36.2 Å². The molecule has 1 aromatic carbocycles. The van der Waals surface area contributed by atoms with Crippen molar-refractivity contribution in [3.8, 4) is 11.5 Å². The van der Waals surface area contributed by atoms with Crippen LogP contribution in [0.25, 0.3) is 22.6 Å². The quantitative estimate of drug-likeness (QED) is 0.199. The fraction of sp³-hybridized carbons (Fsp3) is 0.412. The molecule has 0 amide bonds. The SMILES string of the molecule is Cc1cc2nc3c(=O)[nH]c(=O)nc-3n(C[C@H](O)[C@H](O)[C@H](O)CO)c2cc1C.Cl.[H-].[Na+]. The number of aryl methyl sites for hydroxylation is 2. The first-order valence-corrected chi connectivity index (χ1v) is 8.29. The summed E-state index contributed by atoms with van der Waals surface area (Å²) in [5.41, 5.74) is 1.11. The van der Waals surface area contributed by atoms with Gasteiger partial charge in [0.2, 0.25) is 0 Å². The molecule has 154 valence electrons. The summed E-state index contributed by atoms with van der Waals surface area (Å²) in [6.45, 7) is 2.73. The number of hydrogen-bond donors (Lipinski definition) is 5. The summed E-state index contributed by atoms with van der Waals surface area (Å²) in [6, 6.07) is 3.53. The van der Waals surface area contributed by atoms with Crippen LogP contribution in [0.15, 0.2) is 21.7 Å². The standard InChI is InChI=1S/C17H20N4O6.ClH.Na.H/c1-7-3-9-10(4-8(7)2)21(5-11(23)14(25)12(24)6-22)15-13(18-9)16(26)20-17(27)19-15;;;/h3-4,11-12,14,22-25H,5-6H2,1-2H3,(H,20,26,27);1H;;/q;;+1;-1/t11-,12+,14-;;;/m0.../s1. The summed E-state index contributed by atoms with van der Waals surface area (Å²) in [6.07, 6.45) is -4.68. The van der Waals surface area contributed by atoms with Gasteiger partial charge in [0.05, 0.1) is 24.2 Å². The number of nitrogens with one attached hydrogen (secondary N) is 1. The predicted molar refractivity (Wildman–Crippen MR) is 104 cm³/mol. The van der Waals surface area contributed by atoms with E-state index in [0.717, 1.165) is 11.1 Å². The van der Waals surface area contributed by atoms with Gasteiger partial charge in [-0.25, -0.2) is 9.78 Å². The number of halogens is 1. The molecule has 2 aliphatic rings. The Hall–Kier alpha value is -1.37. The number of hydrogen-bond acceptors (Lipinski definition) is 8. The average Bonchev–Trinajstić information content (AvgIpc) is 2.62. The summed E-state index contributed by atoms with van der Waals surface area (Å²) in [5.74, 6) is -0.0516. The van der Waals surface area contributed by atoms with E-state index in [2.05, 4.69) is 15.0 Å². The molecule has 0 radical (unpaired) electrons. The first-order chi connectivity index (χ1) is 12.7. The van der Waals surface area contributed by atoms with Crippen LogP contribution < -0.4 is 40.8 Å². The van der Waals surface area contributed by atoms with E-state index in [4.69, 9.17) is 5.11 Å². The van der Waals surface area contributed by atoms with Gasteiger partial charge in [-0.2, -0.15) is 4.98 Å². The van der Waals surface area contributed by atoms with E-state index >= 15 is 0 Å². The Bertz CT molecular complexity index is 1090. The van der Waals surface area contributed by atoms with Crippen molar-refractivity contribution in [1.29, 1.82) is 0 Å². The van der Waals surface area contributed by atoms with Crippen molar-refractivity contribution in [1.82, 2.24) is 19.5 Å². The smallest absolute Gasteiger partial charge is 1.00 e. The molecule has 0 aliphatic carbocycles. The molecule has 29 heavy (non-hydrogen) atoms. The molecule has 1 aromatic rings. The van der Waals surface area contributed by atoms with Crippen LogP contribution in [0.1, 0.15) is 12.6 Å². The summed E-state index contributed by atoms with van der Waals surface area (Å²) in [7, 11) is 0. The molecule has 12 heteroatoms. The number of nitrogens with zero attached hydrogens (tertiary/aromatic N) is 3. The Balaban J connectivity index is 0.00000280. The molecule has 2 heterocycles. The van der Waals surface area contributed by atoms with Crippen molar-refractivity contribution in [3.63, 3.8) is 0 Å². The van der Waals surface area contributed by atoms with E-state index in [-0.39, 0.29) is 61.5 Å². The average molecular weight is 437 g/mol. The molecule has 10 nitrogen and oxygen atoms in total. The molecule has 0 saturated carbocycles. The predicted octanol–water partition coefficient (Wildman–Crippen LogP) is -4.19. The van der Waals surface area contributed by atoms with E-state index in [1.54, 1.807) is 12.1 Å². The van der Waals surface area contributed by atoms with Crippen LogP contribution >= 0.6 is 12.4 Å². The molecule has 2 aliphatic heterocycles. The van der Waals surface area contributed by atoms with Gasteiger partial charge in [0.25, 0.3) is 5.56 Å². The van der Waals surface area contributed by atoms with Gasteiger partial charge in [-0.1, -0.05) is 0 Å². The van der Waals surface area contributed by atoms with Crippen LogP contribution in [-0.2, 0) is 6.54 Å². The van der Waals surface area contributed by atoms with Gasteiger partial charge in [0.15, 0.2) is 11.5 Å². The number of H-pyrrole nitrogens is 1. The van der Waals surface area contributed by atoms with Crippen molar-refractivity contribution >= 4 is 23.4 Å². The van der Waals surface area contributed by atoms with Crippen molar-refractivity contribution in [2.45, 2.75) is 38.7 Å². The fourth-order valence-electron chi connectivity index (χ4n) is 2.89. The van der Waals surface area contributed by atoms with Gasteiger partial charge >= 0.3 is 35.2 Å². The summed E-state index contributed by atoms with van der Waals surface area (Å²) < 4.78 is 1.40. The second kappa shape index (κ2) is 10.1. The van der Waals surface area contributed by atoms with E-state index in [0.29, 0.717) is 11.0 Å². The van der Waals surface area contributed by atoms with Crippen LogP contribution in [0, 0.1) is 13.8 Å². The van der Waals surface area contributed by atoms with Crippen molar-refractivity contribution < 1.29 is 51.4 Å². The Kier molecular flexibility index (Phi) is 8.93. The van der Waals surface area contributed by atoms with Crippen LogP contribution in [0.3, 0.4) is 0 Å². The van der Waals surface area contributed by atoms with Crippen molar-refractivity contribution in [2.24, 2.45) is 0 Å². The first-order valence-electron chi connectivity index (χ1n) is 8.29. The minimum Gasteiger partial charge on any atom is -1.00 e. The van der Waals surface area contributed by atoms with E-state index in [1.807, 2.05) is 13.8 Å². The number of benzene rings is 1. The van der Waals surface area contributed by atoms with Gasteiger partial charge in [0, 0.05) is 0 Å². The van der Waals surface area contributed by atoms with Gasteiger partial charge in [-0.3, -0.25) is 9.78 Å². The molecule has 3 rings (SSSR count). The third kappa shape index (κ3) is 5.04. The zero-order valence-corrected chi connectivity index (χ0v) is 19.0. The van der Waals surface area contributed by atoms with Crippen LogP contribution in [0.2, 0.25) is 0 Å². The largest absolute Gasteiger partial charge is 1.00 e. The third-order valence-corrected chi connectivity index (χ3v) is 4.57. The molecule has 5 N–H and O–H groups in total. The number of aromatic amines is 1. The molecular weight excluding hydrogens is 415 g/mol. The monoisotopic (exact) mass is 436 g/mol. The molecule has 0 saturated heterocycles. The maximum Gasteiger partial charge on any atom is 1.00 e. The summed E-state index contributed by atoms with van der Waals surface area (Å²) >= 11 is 0. The Labute approximate surface area is 194 Å². The minimum absolute atomic E-state index is 0. The second-order valence-corrected chi connectivity index (χ2v) is 6.50. The Morgan fingerprint density at radius 3 is 2.34 bits per heavy atom. The van der Waals surface area contributed by atoms with Gasteiger partial charge in [0.1, 0.15) is 18.3 Å². The van der Waals surface area contributed by atoms with Crippen LogP contribution in [0.4, 0.5) is 0 Å². The summed E-state index contributed by atoms with van der Waals surface area (Å²) in [5, 5.41) is 38.8. The van der Waals surface area contributed by atoms with Gasteiger partial charge in [-0.15, -0.1) is 12.4 Å². The molecule has 0 fully saturated rings. The number of aliphatic hydroxyl groups is 4. The maximum atomic E-state index is 12.2. The number of aromatic nitrogens is 4. The van der Waals surface area contributed by atoms with Crippen LogP contribution in [0.5, 0.6) is 0 Å². The molecule has 0 aromatic heterocycles. The molecule has 0 spiro atoms. The Morgan fingerprint density at radius 2 is 1.72 bits per heavy atom. The molecule has 0 bridgehead atoms. The van der Waals surface area contributed by atoms with Crippen molar-refractivity contribution in [3.05, 3.63) is 44.1 Å². The number of fused-ring (bicyclic) bond motifs is 2. The minimum atomic E-state index is -1.64. The fourth-order valence-corrected chi connectivity index (χ4v) is 2.89. The number of rotatable bonds is 5. The zero-order valence-electron chi connectivity index (χ0n) is 17.2. The Morgan fingerprint density at radius 1 is 1.10 bits per heavy atom. The molecular formula is C17H22ClN4NaO6. The molecule has 3 atom stereocenters. The first kappa shape index (κ1) is 25.7. The van der Waals surface area contributed by atoms with E-state index in [9.17, 15) is 24.9 Å².